The van der Waals surface area contributed by atoms with Gasteiger partial charge in [-0.1, -0.05) is 17.3 Å². The van der Waals surface area contributed by atoms with Crippen LogP contribution in [0.1, 0.15) is 12.3 Å². The topological polar surface area (TPSA) is 95.1 Å². The second-order valence-corrected chi connectivity index (χ2v) is 5.12. The second kappa shape index (κ2) is 6.95. The molecule has 0 bridgehead atoms. The van der Waals surface area contributed by atoms with Crippen molar-refractivity contribution in [1.29, 1.82) is 0 Å². The lowest BCUT2D eigenvalue weighted by atomic mass is 10.2. The smallest absolute Gasteiger partial charge is 0.227 e. The van der Waals surface area contributed by atoms with Crippen LogP contribution in [0, 0.1) is 0 Å². The number of hydrogen-bond donors (Lipinski definition) is 1. The van der Waals surface area contributed by atoms with E-state index in [9.17, 15) is 4.79 Å². The molecule has 3 rings (SSSR count). The third kappa shape index (κ3) is 3.43. The molecule has 0 atom stereocenters. The van der Waals surface area contributed by atoms with Crippen molar-refractivity contribution in [3.63, 3.8) is 0 Å². The van der Waals surface area contributed by atoms with Gasteiger partial charge in [-0.25, -0.2) is 4.98 Å². The second-order valence-electron chi connectivity index (χ2n) is 5.12. The lowest BCUT2D eigenvalue weighted by Crippen LogP contribution is -2.15. The molecular weight excluding hydrogens is 310 g/mol. The molecule has 0 spiro atoms. The Morgan fingerprint density at radius 3 is 2.96 bits per heavy atom. The first-order chi connectivity index (χ1) is 11.7. The summed E-state index contributed by atoms with van der Waals surface area (Å²) < 4.78 is 12.2. The van der Waals surface area contributed by atoms with Gasteiger partial charge in [0.15, 0.2) is 0 Å². The molecule has 1 amide bonds. The van der Waals surface area contributed by atoms with Gasteiger partial charge in [-0.2, -0.15) is 4.98 Å². The van der Waals surface area contributed by atoms with Crippen LogP contribution in [-0.2, 0) is 18.3 Å². The summed E-state index contributed by atoms with van der Waals surface area (Å²) in [6, 6.07) is 7.41. The van der Waals surface area contributed by atoms with Gasteiger partial charge in [0.1, 0.15) is 5.75 Å². The van der Waals surface area contributed by atoms with Gasteiger partial charge in [-0.15, -0.1) is 0 Å². The molecule has 2 heterocycles. The van der Waals surface area contributed by atoms with Gasteiger partial charge in [-0.3, -0.25) is 10.1 Å². The molecular formula is C16H17N5O3. The number of para-hydroxylation sites is 1. The van der Waals surface area contributed by atoms with Crippen LogP contribution in [0.3, 0.4) is 0 Å². The summed E-state index contributed by atoms with van der Waals surface area (Å²) in [5.74, 6) is 1.83. The standard InChI is InChI=1S/C16H17N5O3/c1-21-10-9-17-16(21)18-13(22)7-8-14-19-15(20-24-14)11-5-3-4-6-12(11)23-2/h3-6,9-10H,7-8H2,1-2H3,(H,17,18,22). The lowest BCUT2D eigenvalue weighted by Gasteiger charge is -2.03. The molecule has 24 heavy (non-hydrogen) atoms. The zero-order valence-electron chi connectivity index (χ0n) is 13.4. The van der Waals surface area contributed by atoms with Crippen molar-refractivity contribution in [2.45, 2.75) is 12.8 Å². The lowest BCUT2D eigenvalue weighted by molar-refractivity contribution is -0.116. The molecule has 0 fully saturated rings. The van der Waals surface area contributed by atoms with E-state index in [0.717, 1.165) is 5.56 Å². The zero-order valence-corrected chi connectivity index (χ0v) is 13.4. The van der Waals surface area contributed by atoms with Gasteiger partial charge in [0.25, 0.3) is 0 Å². The number of anilines is 1. The van der Waals surface area contributed by atoms with Gasteiger partial charge in [0, 0.05) is 32.3 Å². The first-order valence-electron chi connectivity index (χ1n) is 7.40. The summed E-state index contributed by atoms with van der Waals surface area (Å²) in [6.07, 6.45) is 3.94. The molecule has 124 valence electrons. The summed E-state index contributed by atoms with van der Waals surface area (Å²) in [7, 11) is 3.39. The van der Waals surface area contributed by atoms with Crippen molar-refractivity contribution in [1.82, 2.24) is 19.7 Å². The molecule has 0 aliphatic carbocycles. The van der Waals surface area contributed by atoms with E-state index in [1.807, 2.05) is 24.3 Å². The van der Waals surface area contributed by atoms with E-state index in [0.29, 0.717) is 29.8 Å². The first-order valence-corrected chi connectivity index (χ1v) is 7.40. The Balaban J connectivity index is 1.62. The Morgan fingerprint density at radius 1 is 1.38 bits per heavy atom. The molecule has 0 aliphatic rings. The molecule has 1 aromatic carbocycles. The van der Waals surface area contributed by atoms with Gasteiger partial charge in [-0.05, 0) is 12.1 Å². The number of nitrogens with zero attached hydrogens (tertiary/aromatic N) is 4. The Bertz CT molecular complexity index is 840. The number of rotatable bonds is 6. The minimum Gasteiger partial charge on any atom is -0.496 e. The number of carbonyl (C=O) groups is 1. The van der Waals surface area contributed by atoms with Crippen molar-refractivity contribution in [3.8, 4) is 17.1 Å². The van der Waals surface area contributed by atoms with Crippen LogP contribution in [0.25, 0.3) is 11.4 Å². The molecule has 0 aliphatic heterocycles. The molecule has 0 saturated heterocycles. The molecule has 8 heteroatoms. The number of aromatic nitrogens is 4. The fourth-order valence-corrected chi connectivity index (χ4v) is 2.19. The maximum atomic E-state index is 11.9. The summed E-state index contributed by atoms with van der Waals surface area (Å²) in [6.45, 7) is 0. The molecule has 0 unspecified atom stereocenters. The van der Waals surface area contributed by atoms with Crippen LogP contribution >= 0.6 is 0 Å². The Hall–Kier alpha value is -3.16. The molecule has 1 N–H and O–H groups in total. The minimum absolute atomic E-state index is 0.165. The minimum atomic E-state index is -0.165. The van der Waals surface area contributed by atoms with Crippen molar-refractivity contribution >= 4 is 11.9 Å². The average Bonchev–Trinajstić information content (AvgIpc) is 3.22. The van der Waals surface area contributed by atoms with E-state index < -0.39 is 0 Å². The van der Waals surface area contributed by atoms with Gasteiger partial charge in [0.2, 0.25) is 23.6 Å². The van der Waals surface area contributed by atoms with E-state index >= 15 is 0 Å². The van der Waals surface area contributed by atoms with Crippen molar-refractivity contribution < 1.29 is 14.1 Å². The Morgan fingerprint density at radius 2 is 2.21 bits per heavy atom. The maximum Gasteiger partial charge on any atom is 0.227 e. The Kier molecular flexibility index (Phi) is 4.55. The monoisotopic (exact) mass is 327 g/mol. The zero-order chi connectivity index (χ0) is 16.9. The largest absolute Gasteiger partial charge is 0.496 e. The predicted octanol–water partition coefficient (Wildman–Crippen LogP) is 2.05. The van der Waals surface area contributed by atoms with Crippen molar-refractivity contribution in [3.05, 3.63) is 42.5 Å². The van der Waals surface area contributed by atoms with E-state index in [2.05, 4.69) is 20.4 Å². The summed E-state index contributed by atoms with van der Waals surface area (Å²) in [5.41, 5.74) is 0.743. The molecule has 3 aromatic rings. The van der Waals surface area contributed by atoms with Crippen LogP contribution < -0.4 is 10.1 Å². The van der Waals surface area contributed by atoms with Gasteiger partial charge < -0.3 is 13.8 Å². The highest BCUT2D eigenvalue weighted by Crippen LogP contribution is 2.27. The van der Waals surface area contributed by atoms with Crippen molar-refractivity contribution in [2.24, 2.45) is 7.05 Å². The van der Waals surface area contributed by atoms with E-state index in [-0.39, 0.29) is 12.3 Å². The number of imidazole rings is 1. The molecule has 0 radical (unpaired) electrons. The number of hydrogen-bond acceptors (Lipinski definition) is 6. The first kappa shape index (κ1) is 15.7. The number of aryl methyl sites for hydroxylation is 2. The number of benzene rings is 1. The third-order valence-electron chi connectivity index (χ3n) is 3.45. The van der Waals surface area contributed by atoms with Gasteiger partial charge in [0.05, 0.1) is 12.7 Å². The van der Waals surface area contributed by atoms with E-state index in [4.69, 9.17) is 9.26 Å². The normalized spacial score (nSPS) is 10.6. The van der Waals surface area contributed by atoms with Crippen LogP contribution in [0.2, 0.25) is 0 Å². The summed E-state index contributed by atoms with van der Waals surface area (Å²) in [4.78, 5) is 20.3. The third-order valence-corrected chi connectivity index (χ3v) is 3.45. The summed E-state index contributed by atoms with van der Waals surface area (Å²) in [5, 5.41) is 6.67. The fourth-order valence-electron chi connectivity index (χ4n) is 2.19. The van der Waals surface area contributed by atoms with Gasteiger partial charge >= 0.3 is 0 Å². The number of carbonyl (C=O) groups excluding carboxylic acids is 1. The average molecular weight is 327 g/mol. The Labute approximate surface area is 138 Å². The fraction of sp³-hybridized carbons (Fsp3) is 0.250. The summed E-state index contributed by atoms with van der Waals surface area (Å²) >= 11 is 0. The van der Waals surface area contributed by atoms with Crippen LogP contribution in [0.5, 0.6) is 5.75 Å². The van der Waals surface area contributed by atoms with Crippen LogP contribution in [0.15, 0.2) is 41.2 Å². The quantitative estimate of drug-likeness (QED) is 0.744. The van der Waals surface area contributed by atoms with E-state index in [1.54, 1.807) is 31.1 Å². The molecule has 8 nitrogen and oxygen atoms in total. The number of nitrogens with one attached hydrogen (secondary N) is 1. The van der Waals surface area contributed by atoms with Crippen LogP contribution in [0.4, 0.5) is 5.95 Å². The highest BCUT2D eigenvalue weighted by atomic mass is 16.5. The molecule has 0 saturated carbocycles. The number of ether oxygens (including phenoxy) is 1. The van der Waals surface area contributed by atoms with Crippen molar-refractivity contribution in [2.75, 3.05) is 12.4 Å². The number of methoxy groups -OCH3 is 1. The van der Waals surface area contributed by atoms with Crippen LogP contribution in [-0.4, -0.2) is 32.7 Å². The highest BCUT2D eigenvalue weighted by Gasteiger charge is 2.14. The molecule has 2 aromatic heterocycles. The predicted molar refractivity (Wildman–Crippen MR) is 86.4 cm³/mol. The highest BCUT2D eigenvalue weighted by molar-refractivity contribution is 5.89. The number of amides is 1. The van der Waals surface area contributed by atoms with E-state index in [1.165, 1.54) is 0 Å². The SMILES string of the molecule is COc1ccccc1-c1noc(CCC(=O)Nc2nccn2C)n1. The maximum absolute atomic E-state index is 11.9.